The van der Waals surface area contributed by atoms with Gasteiger partial charge >= 0.3 is 0 Å². The maximum atomic E-state index is 9.30. The summed E-state index contributed by atoms with van der Waals surface area (Å²) < 4.78 is 11.7. The van der Waals surface area contributed by atoms with E-state index in [0.29, 0.717) is 24.0 Å². The molecule has 31 heavy (non-hydrogen) atoms. The predicted molar refractivity (Wildman–Crippen MR) is 123 cm³/mol. The van der Waals surface area contributed by atoms with Crippen LogP contribution >= 0.6 is 11.8 Å². The quantitative estimate of drug-likeness (QED) is 0.406. The van der Waals surface area contributed by atoms with Crippen molar-refractivity contribution in [3.05, 3.63) is 42.7 Å². The molecule has 8 heteroatoms. The van der Waals surface area contributed by atoms with Gasteiger partial charge in [0.15, 0.2) is 11.5 Å². The normalized spacial score (nSPS) is 15.3. The van der Waals surface area contributed by atoms with E-state index in [0.717, 1.165) is 59.0 Å². The second kappa shape index (κ2) is 10.2. The van der Waals surface area contributed by atoms with Gasteiger partial charge in [0.25, 0.3) is 0 Å². The molecule has 1 saturated heterocycles. The molecule has 3 aromatic rings. The van der Waals surface area contributed by atoms with E-state index in [1.165, 1.54) is 0 Å². The van der Waals surface area contributed by atoms with Crippen LogP contribution in [-0.2, 0) is 0 Å². The van der Waals surface area contributed by atoms with Crippen LogP contribution in [0.25, 0.3) is 10.9 Å². The molecule has 2 aromatic carbocycles. The monoisotopic (exact) mass is 440 g/mol. The molecule has 164 valence electrons. The zero-order valence-electron chi connectivity index (χ0n) is 17.7. The zero-order chi connectivity index (χ0) is 21.6. The van der Waals surface area contributed by atoms with Gasteiger partial charge in [-0.15, -0.1) is 0 Å². The number of nitrogen functional groups attached to an aromatic ring is 1. The molecular formula is C23H28N4O3S. The van der Waals surface area contributed by atoms with E-state index in [1.54, 1.807) is 25.2 Å². The van der Waals surface area contributed by atoms with Crippen LogP contribution < -0.4 is 15.2 Å². The number of nitrogens with two attached hydrogens (primary N) is 1. The fraction of sp³-hybridized carbons (Fsp3) is 0.391. The van der Waals surface area contributed by atoms with E-state index in [1.807, 2.05) is 36.4 Å². The van der Waals surface area contributed by atoms with Gasteiger partial charge in [-0.1, -0.05) is 17.8 Å². The Morgan fingerprint density at radius 1 is 1.16 bits per heavy atom. The number of aliphatic hydroxyl groups is 1. The lowest BCUT2D eigenvalue weighted by atomic mass is 9.98. The van der Waals surface area contributed by atoms with Crippen molar-refractivity contribution < 1.29 is 14.6 Å². The standard InChI is InChI=1S/C23H28N4O3S/c1-29-21-13-20-19(23(26-15-25-20)31-18-4-2-3-17(24)11-18)12-22(21)30-10-9-27-7-5-16(14-28)6-8-27/h2-4,11-13,15-16,28H,5-10,14,24H2,1H3. The summed E-state index contributed by atoms with van der Waals surface area (Å²) in [5.74, 6) is 1.78. The predicted octanol–water partition coefficient (Wildman–Crippen LogP) is 3.45. The molecule has 1 aliphatic rings. The number of aromatic nitrogens is 2. The number of hydrogen-bond acceptors (Lipinski definition) is 8. The van der Waals surface area contributed by atoms with Crippen molar-refractivity contribution in [2.24, 2.45) is 5.92 Å². The average Bonchev–Trinajstić information content (AvgIpc) is 2.79. The fourth-order valence-electron chi connectivity index (χ4n) is 3.76. The summed E-state index contributed by atoms with van der Waals surface area (Å²) in [6.45, 7) is 3.69. The molecule has 7 nitrogen and oxygen atoms in total. The summed E-state index contributed by atoms with van der Waals surface area (Å²) in [5.41, 5.74) is 7.44. The van der Waals surface area contributed by atoms with E-state index >= 15 is 0 Å². The third-order valence-electron chi connectivity index (χ3n) is 5.59. The molecule has 0 atom stereocenters. The number of ether oxygens (including phenoxy) is 2. The maximum absolute atomic E-state index is 9.30. The van der Waals surface area contributed by atoms with Gasteiger partial charge in [-0.2, -0.15) is 0 Å². The van der Waals surface area contributed by atoms with Gasteiger partial charge in [0.1, 0.15) is 18.0 Å². The Labute approximate surface area is 186 Å². The molecular weight excluding hydrogens is 412 g/mol. The number of nitrogens with zero attached hydrogens (tertiary/aromatic N) is 3. The Kier molecular flexibility index (Phi) is 7.11. The summed E-state index contributed by atoms with van der Waals surface area (Å²) in [6, 6.07) is 11.6. The minimum atomic E-state index is 0.288. The zero-order valence-corrected chi connectivity index (χ0v) is 18.5. The van der Waals surface area contributed by atoms with Crippen LogP contribution in [0.3, 0.4) is 0 Å². The number of anilines is 1. The summed E-state index contributed by atoms with van der Waals surface area (Å²) in [6.07, 6.45) is 3.64. The molecule has 3 N–H and O–H groups in total. The maximum Gasteiger partial charge on any atom is 0.162 e. The topological polar surface area (TPSA) is 93.7 Å². The molecule has 0 bridgehead atoms. The first-order chi connectivity index (χ1) is 15.2. The van der Waals surface area contributed by atoms with Crippen LogP contribution in [0.2, 0.25) is 0 Å². The van der Waals surface area contributed by atoms with Crippen molar-refractivity contribution in [3.8, 4) is 11.5 Å². The van der Waals surface area contributed by atoms with Crippen LogP contribution in [0.1, 0.15) is 12.8 Å². The molecule has 1 fully saturated rings. The van der Waals surface area contributed by atoms with Crippen LogP contribution in [0, 0.1) is 5.92 Å². The van der Waals surface area contributed by atoms with Crippen molar-refractivity contribution in [1.82, 2.24) is 14.9 Å². The van der Waals surface area contributed by atoms with E-state index in [-0.39, 0.29) is 6.61 Å². The van der Waals surface area contributed by atoms with Gasteiger partial charge in [-0.05, 0) is 56.1 Å². The Morgan fingerprint density at radius 3 is 2.74 bits per heavy atom. The molecule has 1 aromatic heterocycles. The number of fused-ring (bicyclic) bond motifs is 1. The highest BCUT2D eigenvalue weighted by Crippen LogP contribution is 2.37. The lowest BCUT2D eigenvalue weighted by molar-refractivity contribution is 0.118. The number of benzene rings is 2. The van der Waals surface area contributed by atoms with E-state index in [2.05, 4.69) is 14.9 Å². The largest absolute Gasteiger partial charge is 0.493 e. The lowest BCUT2D eigenvalue weighted by Gasteiger charge is -2.30. The Balaban J connectivity index is 1.50. The van der Waals surface area contributed by atoms with Crippen molar-refractivity contribution in [3.63, 3.8) is 0 Å². The highest BCUT2D eigenvalue weighted by Gasteiger charge is 2.18. The van der Waals surface area contributed by atoms with Crippen LogP contribution in [-0.4, -0.2) is 59.9 Å². The molecule has 0 aliphatic carbocycles. The van der Waals surface area contributed by atoms with Gasteiger partial charge < -0.3 is 20.3 Å². The minimum absolute atomic E-state index is 0.288. The first kappa shape index (κ1) is 21.7. The highest BCUT2D eigenvalue weighted by atomic mass is 32.2. The third-order valence-corrected chi connectivity index (χ3v) is 6.60. The first-order valence-corrected chi connectivity index (χ1v) is 11.3. The second-order valence-corrected chi connectivity index (χ2v) is 8.75. The molecule has 0 saturated carbocycles. The Hall–Kier alpha value is -2.55. The van der Waals surface area contributed by atoms with Gasteiger partial charge in [-0.3, -0.25) is 4.90 Å². The fourth-order valence-corrected chi connectivity index (χ4v) is 4.70. The molecule has 0 spiro atoms. The summed E-state index contributed by atoms with van der Waals surface area (Å²) in [4.78, 5) is 12.3. The van der Waals surface area contributed by atoms with Crippen LogP contribution in [0.4, 0.5) is 5.69 Å². The van der Waals surface area contributed by atoms with Gasteiger partial charge in [0.05, 0.1) is 12.6 Å². The second-order valence-electron chi connectivity index (χ2n) is 7.69. The van der Waals surface area contributed by atoms with Crippen molar-refractivity contribution in [1.29, 1.82) is 0 Å². The van der Waals surface area contributed by atoms with Crippen molar-refractivity contribution in [2.45, 2.75) is 22.8 Å². The molecule has 0 amide bonds. The summed E-state index contributed by atoms with van der Waals surface area (Å²) in [7, 11) is 1.64. The molecule has 1 aliphatic heterocycles. The minimum Gasteiger partial charge on any atom is -0.493 e. The molecule has 2 heterocycles. The van der Waals surface area contributed by atoms with Gasteiger partial charge in [-0.25, -0.2) is 9.97 Å². The third kappa shape index (κ3) is 5.39. The first-order valence-electron chi connectivity index (χ1n) is 10.5. The number of rotatable bonds is 8. The number of likely N-dealkylation sites (tertiary alicyclic amines) is 1. The summed E-state index contributed by atoms with van der Waals surface area (Å²) >= 11 is 1.55. The van der Waals surface area contributed by atoms with Crippen LogP contribution in [0.15, 0.2) is 52.6 Å². The highest BCUT2D eigenvalue weighted by molar-refractivity contribution is 7.99. The van der Waals surface area contributed by atoms with Gasteiger partial charge in [0, 0.05) is 35.2 Å². The van der Waals surface area contributed by atoms with Crippen LogP contribution in [0.5, 0.6) is 11.5 Å². The van der Waals surface area contributed by atoms with Crippen molar-refractivity contribution >= 4 is 28.4 Å². The Morgan fingerprint density at radius 2 is 2.00 bits per heavy atom. The molecule has 0 radical (unpaired) electrons. The number of methoxy groups -OCH3 is 1. The average molecular weight is 441 g/mol. The van der Waals surface area contributed by atoms with E-state index in [4.69, 9.17) is 15.2 Å². The van der Waals surface area contributed by atoms with Gasteiger partial charge in [0.2, 0.25) is 0 Å². The number of hydrogen-bond donors (Lipinski definition) is 2. The van der Waals surface area contributed by atoms with E-state index < -0.39 is 0 Å². The Bertz CT molecular complexity index is 1020. The smallest absolute Gasteiger partial charge is 0.162 e. The number of piperidine rings is 1. The SMILES string of the molecule is COc1cc2ncnc(Sc3cccc(N)c3)c2cc1OCCN1CCC(CO)CC1. The number of aliphatic hydroxyl groups excluding tert-OH is 1. The van der Waals surface area contributed by atoms with Crippen molar-refractivity contribution in [2.75, 3.05) is 45.7 Å². The molecule has 0 unspecified atom stereocenters. The van der Waals surface area contributed by atoms with E-state index in [9.17, 15) is 5.11 Å². The summed E-state index contributed by atoms with van der Waals surface area (Å²) in [5, 5.41) is 11.1. The lowest BCUT2D eigenvalue weighted by Crippen LogP contribution is -2.37. The molecule has 4 rings (SSSR count).